The van der Waals surface area contributed by atoms with E-state index in [0.717, 1.165) is 14.4 Å². The van der Waals surface area contributed by atoms with Gasteiger partial charge in [0.1, 0.15) is 5.75 Å². The summed E-state index contributed by atoms with van der Waals surface area (Å²) in [5, 5.41) is 10.9. The van der Waals surface area contributed by atoms with Crippen LogP contribution in [0.3, 0.4) is 0 Å². The van der Waals surface area contributed by atoms with E-state index in [1.54, 1.807) is 18.2 Å². The van der Waals surface area contributed by atoms with Crippen molar-refractivity contribution < 1.29 is 19.0 Å². The molecule has 0 aliphatic rings. The number of hydrazone groups is 1. The largest absolute Gasteiger partial charge is 0.496 e. The van der Waals surface area contributed by atoms with Gasteiger partial charge in [-0.05, 0) is 40.2 Å². The van der Waals surface area contributed by atoms with E-state index >= 15 is 0 Å². The monoisotopic (exact) mass is 464 g/mol. The molecule has 0 bridgehead atoms. The zero-order chi connectivity index (χ0) is 20.1. The normalized spacial score (nSPS) is 10.9. The summed E-state index contributed by atoms with van der Waals surface area (Å²) >= 11 is 4.95. The van der Waals surface area contributed by atoms with Crippen LogP contribution in [-0.4, -0.2) is 43.6 Å². The number of aromatic nitrogens is 2. The minimum Gasteiger partial charge on any atom is -0.496 e. The van der Waals surface area contributed by atoms with E-state index in [9.17, 15) is 4.79 Å². The molecule has 0 aliphatic carbocycles. The second kappa shape index (κ2) is 8.89. The molecule has 2 N–H and O–H groups in total. The van der Waals surface area contributed by atoms with Gasteiger partial charge in [-0.1, -0.05) is 0 Å². The standard InChI is InChI=1S/C18H17BrN4O4S/c1-25-13-8-15(27-3)14(26-2)6-10(13)9-20-23-18(24)12-7-11(21-22-12)16-4-5-17(19)28-16/h4-9H,1-3H3,(H,21,22)(H,23,24)/b20-9+. The Balaban J connectivity index is 1.72. The SMILES string of the molecule is COc1cc(OC)c(OC)cc1/C=N/NC(=O)c1cc(-c2ccc(Br)s2)[nH]n1. The second-order valence-corrected chi connectivity index (χ2v) is 7.88. The highest BCUT2D eigenvalue weighted by atomic mass is 79.9. The molecule has 2 aromatic heterocycles. The number of nitrogens with zero attached hydrogens (tertiary/aromatic N) is 2. The fraction of sp³-hybridized carbons (Fsp3) is 0.167. The summed E-state index contributed by atoms with van der Waals surface area (Å²) in [5.41, 5.74) is 4.05. The average Bonchev–Trinajstić information content (AvgIpc) is 3.36. The molecule has 0 aliphatic heterocycles. The molecule has 0 radical (unpaired) electrons. The van der Waals surface area contributed by atoms with Crippen LogP contribution in [0.2, 0.25) is 0 Å². The Morgan fingerprint density at radius 2 is 1.86 bits per heavy atom. The Morgan fingerprint density at radius 3 is 2.50 bits per heavy atom. The van der Waals surface area contributed by atoms with Gasteiger partial charge in [-0.25, -0.2) is 5.43 Å². The summed E-state index contributed by atoms with van der Waals surface area (Å²) in [4.78, 5) is 13.2. The van der Waals surface area contributed by atoms with Crippen molar-refractivity contribution >= 4 is 39.4 Å². The third kappa shape index (κ3) is 4.34. The van der Waals surface area contributed by atoms with Crippen molar-refractivity contribution in [3.05, 3.63) is 45.4 Å². The second-order valence-electron chi connectivity index (χ2n) is 5.42. The van der Waals surface area contributed by atoms with Gasteiger partial charge in [0.05, 0.1) is 41.9 Å². The lowest BCUT2D eigenvalue weighted by molar-refractivity contribution is 0.0950. The minimum atomic E-state index is -0.436. The van der Waals surface area contributed by atoms with E-state index in [2.05, 4.69) is 36.7 Å². The average molecular weight is 465 g/mol. The summed E-state index contributed by atoms with van der Waals surface area (Å²) in [6.45, 7) is 0. The van der Waals surface area contributed by atoms with Crippen molar-refractivity contribution in [2.45, 2.75) is 0 Å². The molecule has 146 valence electrons. The number of amides is 1. The topological polar surface area (TPSA) is 97.8 Å². The summed E-state index contributed by atoms with van der Waals surface area (Å²) < 4.78 is 16.8. The third-order valence-electron chi connectivity index (χ3n) is 3.75. The van der Waals surface area contributed by atoms with Crippen LogP contribution < -0.4 is 19.6 Å². The smallest absolute Gasteiger partial charge is 0.291 e. The maximum atomic E-state index is 12.3. The zero-order valence-electron chi connectivity index (χ0n) is 15.3. The molecule has 0 fully saturated rings. The molecule has 1 aromatic carbocycles. The first-order chi connectivity index (χ1) is 13.5. The number of carbonyl (C=O) groups excluding carboxylic acids is 1. The molecule has 1 amide bonds. The fourth-order valence-electron chi connectivity index (χ4n) is 2.39. The number of nitrogens with one attached hydrogen (secondary N) is 2. The summed E-state index contributed by atoms with van der Waals surface area (Å²) in [7, 11) is 4.61. The zero-order valence-corrected chi connectivity index (χ0v) is 17.7. The molecule has 28 heavy (non-hydrogen) atoms. The van der Waals surface area contributed by atoms with E-state index in [1.165, 1.54) is 38.9 Å². The Morgan fingerprint density at radius 1 is 1.14 bits per heavy atom. The van der Waals surface area contributed by atoms with E-state index in [1.807, 2.05) is 12.1 Å². The van der Waals surface area contributed by atoms with E-state index in [-0.39, 0.29) is 5.69 Å². The first-order valence-corrected chi connectivity index (χ1v) is 9.61. The van der Waals surface area contributed by atoms with Gasteiger partial charge in [-0.15, -0.1) is 11.3 Å². The van der Waals surface area contributed by atoms with Crippen LogP contribution in [0, 0.1) is 0 Å². The van der Waals surface area contributed by atoms with Gasteiger partial charge in [0.15, 0.2) is 17.2 Å². The molecule has 0 saturated carbocycles. The molecule has 8 nitrogen and oxygen atoms in total. The van der Waals surface area contributed by atoms with Gasteiger partial charge in [-0.3, -0.25) is 9.89 Å². The molecule has 0 atom stereocenters. The highest BCUT2D eigenvalue weighted by molar-refractivity contribution is 9.11. The first-order valence-electron chi connectivity index (χ1n) is 8.00. The van der Waals surface area contributed by atoms with Crippen molar-refractivity contribution in [1.29, 1.82) is 0 Å². The third-order valence-corrected chi connectivity index (χ3v) is 5.41. The van der Waals surface area contributed by atoms with Gasteiger partial charge in [0.2, 0.25) is 0 Å². The minimum absolute atomic E-state index is 0.232. The van der Waals surface area contributed by atoms with Crippen molar-refractivity contribution in [3.8, 4) is 27.8 Å². The van der Waals surface area contributed by atoms with Gasteiger partial charge in [-0.2, -0.15) is 10.2 Å². The number of hydrogen-bond donors (Lipinski definition) is 2. The summed E-state index contributed by atoms with van der Waals surface area (Å²) in [5.74, 6) is 1.15. The van der Waals surface area contributed by atoms with Crippen molar-refractivity contribution in [2.75, 3.05) is 21.3 Å². The van der Waals surface area contributed by atoms with E-state index in [4.69, 9.17) is 14.2 Å². The molecule has 0 saturated heterocycles. The summed E-state index contributed by atoms with van der Waals surface area (Å²) in [6.07, 6.45) is 1.46. The number of thiophene rings is 1. The van der Waals surface area contributed by atoms with Crippen LogP contribution in [0.15, 0.2) is 39.2 Å². The molecular formula is C18H17BrN4O4S. The molecular weight excluding hydrogens is 448 g/mol. The highest BCUT2D eigenvalue weighted by Crippen LogP contribution is 2.33. The van der Waals surface area contributed by atoms with Crippen LogP contribution in [0.1, 0.15) is 16.1 Å². The number of halogens is 1. The number of ether oxygens (including phenoxy) is 3. The van der Waals surface area contributed by atoms with E-state index < -0.39 is 5.91 Å². The predicted octanol–water partition coefficient (Wildman–Crippen LogP) is 3.69. The number of rotatable bonds is 7. The van der Waals surface area contributed by atoms with Gasteiger partial charge in [0, 0.05) is 11.6 Å². The lowest BCUT2D eigenvalue weighted by Gasteiger charge is -2.11. The maximum absolute atomic E-state index is 12.3. The quantitative estimate of drug-likeness (QED) is 0.410. The van der Waals surface area contributed by atoms with Crippen LogP contribution in [-0.2, 0) is 0 Å². The Hall–Kier alpha value is -2.85. The predicted molar refractivity (Wildman–Crippen MR) is 111 cm³/mol. The molecule has 2 heterocycles. The molecule has 0 spiro atoms. The van der Waals surface area contributed by atoms with Crippen LogP contribution in [0.5, 0.6) is 17.2 Å². The first kappa shape index (κ1) is 19.9. The van der Waals surface area contributed by atoms with Gasteiger partial charge in [0.25, 0.3) is 5.91 Å². The molecule has 3 rings (SSSR count). The van der Waals surface area contributed by atoms with Crippen molar-refractivity contribution in [1.82, 2.24) is 15.6 Å². The lowest BCUT2D eigenvalue weighted by Crippen LogP contribution is -2.18. The molecule has 3 aromatic rings. The van der Waals surface area contributed by atoms with Crippen molar-refractivity contribution in [2.24, 2.45) is 5.10 Å². The van der Waals surface area contributed by atoms with Crippen LogP contribution in [0.4, 0.5) is 0 Å². The number of H-pyrrole nitrogens is 1. The maximum Gasteiger partial charge on any atom is 0.291 e. The van der Waals surface area contributed by atoms with Crippen LogP contribution >= 0.6 is 27.3 Å². The number of carbonyl (C=O) groups is 1. The Kier molecular flexibility index (Phi) is 6.32. The number of aromatic amines is 1. The highest BCUT2D eigenvalue weighted by Gasteiger charge is 2.13. The van der Waals surface area contributed by atoms with E-state index in [0.29, 0.717) is 22.8 Å². The summed E-state index contributed by atoms with van der Waals surface area (Å²) in [6, 6.07) is 8.92. The number of methoxy groups -OCH3 is 3. The molecule has 0 unspecified atom stereocenters. The molecule has 10 heteroatoms. The Labute approximate surface area is 173 Å². The number of hydrogen-bond acceptors (Lipinski definition) is 7. The van der Waals surface area contributed by atoms with Gasteiger partial charge >= 0.3 is 0 Å². The van der Waals surface area contributed by atoms with Crippen molar-refractivity contribution in [3.63, 3.8) is 0 Å². The lowest BCUT2D eigenvalue weighted by atomic mass is 10.2. The van der Waals surface area contributed by atoms with Gasteiger partial charge < -0.3 is 14.2 Å². The fourth-order valence-corrected chi connectivity index (χ4v) is 3.75. The number of benzene rings is 1. The van der Waals surface area contributed by atoms with Crippen LogP contribution in [0.25, 0.3) is 10.6 Å². The Bertz CT molecular complexity index is 1010.